The van der Waals surface area contributed by atoms with Gasteiger partial charge in [-0.1, -0.05) is 56.3 Å². The van der Waals surface area contributed by atoms with Crippen LogP contribution in [0.4, 0.5) is 5.69 Å². The van der Waals surface area contributed by atoms with Gasteiger partial charge in [0.2, 0.25) is 0 Å². The summed E-state index contributed by atoms with van der Waals surface area (Å²) in [5.74, 6) is 0.0394. The van der Waals surface area contributed by atoms with Crippen LogP contribution in [0.15, 0.2) is 71.6 Å². The molecule has 7 heteroatoms. The van der Waals surface area contributed by atoms with Gasteiger partial charge in [-0.15, -0.1) is 0 Å². The lowest BCUT2D eigenvalue weighted by molar-refractivity contribution is -0.127. The van der Waals surface area contributed by atoms with E-state index in [0.717, 1.165) is 24.0 Å². The standard InChI is InChI=1S/C27H30N2O4S/c1-4-20-12-13-21(5-2)22(16-20)17-28-27(30)26-18-29(24-14-11-19(3)15-25(24)33-26)34(31,32)23-9-7-6-8-10-23/h6-16,26H,4-5,17-18H2,1-3H3,(H,28,30)/t26-/m0/s1. The van der Waals surface area contributed by atoms with Gasteiger partial charge in [-0.05, 0) is 66.3 Å². The van der Waals surface area contributed by atoms with E-state index in [2.05, 4.69) is 37.4 Å². The Hall–Kier alpha value is -3.32. The Morgan fingerprint density at radius 3 is 2.47 bits per heavy atom. The molecule has 1 aliphatic heterocycles. The van der Waals surface area contributed by atoms with Gasteiger partial charge in [0.1, 0.15) is 5.75 Å². The number of ether oxygens (including phenoxy) is 1. The minimum atomic E-state index is -3.87. The number of sulfonamides is 1. The Balaban J connectivity index is 1.61. The van der Waals surface area contributed by atoms with Crippen molar-refractivity contribution in [1.82, 2.24) is 5.32 Å². The second-order valence-corrected chi connectivity index (χ2v) is 10.3. The van der Waals surface area contributed by atoms with Crippen molar-refractivity contribution in [3.63, 3.8) is 0 Å². The van der Waals surface area contributed by atoms with Gasteiger partial charge in [-0.3, -0.25) is 9.10 Å². The maximum absolute atomic E-state index is 13.5. The van der Waals surface area contributed by atoms with Crippen LogP contribution in [0, 0.1) is 6.92 Å². The number of nitrogens with one attached hydrogen (secondary N) is 1. The molecule has 3 aromatic rings. The van der Waals surface area contributed by atoms with Gasteiger partial charge >= 0.3 is 0 Å². The lowest BCUT2D eigenvalue weighted by Crippen LogP contribution is -2.50. The lowest BCUT2D eigenvalue weighted by Gasteiger charge is -2.35. The minimum Gasteiger partial charge on any atom is -0.476 e. The first-order chi connectivity index (χ1) is 16.3. The summed E-state index contributed by atoms with van der Waals surface area (Å²) in [7, 11) is -3.87. The Bertz CT molecular complexity index is 1290. The quantitative estimate of drug-likeness (QED) is 0.546. The zero-order valence-corrected chi connectivity index (χ0v) is 20.6. The molecule has 0 bridgehead atoms. The highest BCUT2D eigenvalue weighted by Crippen LogP contribution is 2.37. The normalized spacial score (nSPS) is 15.4. The summed E-state index contributed by atoms with van der Waals surface area (Å²) in [4.78, 5) is 13.3. The number of hydrogen-bond donors (Lipinski definition) is 1. The van der Waals surface area contributed by atoms with Crippen molar-refractivity contribution >= 4 is 21.6 Å². The number of carbonyl (C=O) groups is 1. The van der Waals surface area contributed by atoms with E-state index in [1.165, 1.54) is 15.4 Å². The number of benzene rings is 3. The highest BCUT2D eigenvalue weighted by molar-refractivity contribution is 7.92. The summed E-state index contributed by atoms with van der Waals surface area (Å²) >= 11 is 0. The molecule has 34 heavy (non-hydrogen) atoms. The molecule has 0 aromatic heterocycles. The van der Waals surface area contributed by atoms with E-state index in [4.69, 9.17) is 4.74 Å². The number of anilines is 1. The molecule has 0 saturated heterocycles. The van der Waals surface area contributed by atoms with Crippen LogP contribution in [0.2, 0.25) is 0 Å². The number of aryl methyl sites for hydroxylation is 3. The summed E-state index contributed by atoms with van der Waals surface area (Å²) in [6.07, 6.45) is 0.816. The molecule has 178 valence electrons. The average Bonchev–Trinajstić information content (AvgIpc) is 2.86. The molecule has 0 saturated carbocycles. The van der Waals surface area contributed by atoms with Crippen molar-refractivity contribution in [2.75, 3.05) is 10.8 Å². The Labute approximate surface area is 201 Å². The third-order valence-electron chi connectivity index (χ3n) is 6.12. The van der Waals surface area contributed by atoms with Crippen molar-refractivity contribution in [3.05, 3.63) is 89.0 Å². The highest BCUT2D eigenvalue weighted by Gasteiger charge is 2.37. The van der Waals surface area contributed by atoms with Crippen LogP contribution in [-0.2, 0) is 34.2 Å². The van der Waals surface area contributed by atoms with E-state index in [9.17, 15) is 13.2 Å². The fraction of sp³-hybridized carbons (Fsp3) is 0.296. The summed E-state index contributed by atoms with van der Waals surface area (Å²) in [6.45, 7) is 6.34. The third kappa shape index (κ3) is 4.80. The highest BCUT2D eigenvalue weighted by atomic mass is 32.2. The molecule has 0 radical (unpaired) electrons. The summed E-state index contributed by atoms with van der Waals surface area (Å²) < 4.78 is 34.2. The Morgan fingerprint density at radius 1 is 1.00 bits per heavy atom. The van der Waals surface area contributed by atoms with Crippen molar-refractivity contribution in [1.29, 1.82) is 0 Å². The number of carbonyl (C=O) groups excluding carboxylic acids is 1. The molecule has 1 atom stereocenters. The minimum absolute atomic E-state index is 0.102. The zero-order chi connectivity index (χ0) is 24.3. The van der Waals surface area contributed by atoms with Crippen LogP contribution in [0.5, 0.6) is 5.75 Å². The molecule has 1 aliphatic rings. The van der Waals surface area contributed by atoms with E-state index in [-0.39, 0.29) is 17.3 Å². The second kappa shape index (κ2) is 9.89. The van der Waals surface area contributed by atoms with Gasteiger partial charge in [0.15, 0.2) is 6.10 Å². The smallest absolute Gasteiger partial charge is 0.264 e. The molecule has 0 unspecified atom stereocenters. The first-order valence-corrected chi connectivity index (χ1v) is 13.0. The molecule has 1 amide bonds. The molecule has 4 rings (SSSR count). The molecular weight excluding hydrogens is 448 g/mol. The van der Waals surface area contributed by atoms with Gasteiger partial charge in [-0.2, -0.15) is 0 Å². The van der Waals surface area contributed by atoms with Gasteiger partial charge in [0, 0.05) is 6.54 Å². The summed E-state index contributed by atoms with van der Waals surface area (Å²) in [5.41, 5.74) is 4.80. The van der Waals surface area contributed by atoms with Crippen molar-refractivity contribution < 1.29 is 17.9 Å². The van der Waals surface area contributed by atoms with E-state index >= 15 is 0 Å². The maximum Gasteiger partial charge on any atom is 0.264 e. The van der Waals surface area contributed by atoms with Crippen LogP contribution in [0.1, 0.15) is 36.1 Å². The fourth-order valence-electron chi connectivity index (χ4n) is 4.15. The fourth-order valence-corrected chi connectivity index (χ4v) is 5.65. The largest absolute Gasteiger partial charge is 0.476 e. The van der Waals surface area contributed by atoms with Crippen molar-refractivity contribution in [2.45, 2.75) is 51.2 Å². The van der Waals surface area contributed by atoms with Crippen molar-refractivity contribution in [2.24, 2.45) is 0 Å². The predicted octanol–water partition coefficient (Wildman–Crippen LogP) is 4.39. The molecule has 0 spiro atoms. The Kier molecular flexibility index (Phi) is 6.93. The van der Waals surface area contributed by atoms with Crippen LogP contribution in [-0.4, -0.2) is 27.0 Å². The first kappa shape index (κ1) is 23.8. The second-order valence-electron chi connectivity index (χ2n) is 8.45. The van der Waals surface area contributed by atoms with Gasteiger partial charge in [0.05, 0.1) is 17.1 Å². The average molecular weight is 479 g/mol. The van der Waals surface area contributed by atoms with Crippen LogP contribution in [0.25, 0.3) is 0 Å². The van der Waals surface area contributed by atoms with Crippen LogP contribution in [0.3, 0.4) is 0 Å². The number of hydrogen-bond acceptors (Lipinski definition) is 4. The first-order valence-electron chi connectivity index (χ1n) is 11.6. The zero-order valence-electron chi connectivity index (χ0n) is 19.7. The van der Waals surface area contributed by atoms with Crippen LogP contribution >= 0.6 is 0 Å². The van der Waals surface area contributed by atoms with Gasteiger partial charge in [0.25, 0.3) is 15.9 Å². The van der Waals surface area contributed by atoms with E-state index in [1.807, 2.05) is 13.0 Å². The number of fused-ring (bicyclic) bond motifs is 1. The van der Waals surface area contributed by atoms with Gasteiger partial charge in [-0.25, -0.2) is 8.42 Å². The molecule has 0 fully saturated rings. The predicted molar refractivity (Wildman–Crippen MR) is 134 cm³/mol. The molecule has 1 N–H and O–H groups in total. The topological polar surface area (TPSA) is 75.7 Å². The molecule has 0 aliphatic carbocycles. The maximum atomic E-state index is 13.5. The lowest BCUT2D eigenvalue weighted by atomic mass is 10.0. The SMILES string of the molecule is CCc1ccc(CC)c(CNC(=O)[C@@H]2CN(S(=O)(=O)c3ccccc3)c3ccc(C)cc3O2)c1. The molecule has 6 nitrogen and oxygen atoms in total. The van der Waals surface area contributed by atoms with E-state index in [1.54, 1.807) is 42.5 Å². The van der Waals surface area contributed by atoms with Gasteiger partial charge < -0.3 is 10.1 Å². The monoisotopic (exact) mass is 478 g/mol. The molecular formula is C27H30N2O4S. The number of rotatable bonds is 7. The summed E-state index contributed by atoms with van der Waals surface area (Å²) in [5, 5.41) is 2.97. The third-order valence-corrected chi connectivity index (χ3v) is 7.92. The van der Waals surface area contributed by atoms with Crippen LogP contribution < -0.4 is 14.4 Å². The number of amides is 1. The summed E-state index contributed by atoms with van der Waals surface area (Å²) in [6, 6.07) is 19.9. The van der Waals surface area contributed by atoms with E-state index in [0.29, 0.717) is 18.0 Å². The number of nitrogens with zero attached hydrogens (tertiary/aromatic N) is 1. The van der Waals surface area contributed by atoms with E-state index < -0.39 is 16.1 Å². The Morgan fingerprint density at radius 2 is 1.76 bits per heavy atom. The molecule has 1 heterocycles. The molecule has 3 aromatic carbocycles. The van der Waals surface area contributed by atoms with Crippen molar-refractivity contribution in [3.8, 4) is 5.75 Å².